The van der Waals surface area contributed by atoms with E-state index in [4.69, 9.17) is 9.31 Å². The summed E-state index contributed by atoms with van der Waals surface area (Å²) >= 11 is 1.50. The summed E-state index contributed by atoms with van der Waals surface area (Å²) in [6, 6.07) is 19.2. The Morgan fingerprint density at radius 3 is 2.27 bits per heavy atom. The third-order valence-electron chi connectivity index (χ3n) is 7.47. The predicted octanol–water partition coefficient (Wildman–Crippen LogP) is 4.74. The van der Waals surface area contributed by atoms with Gasteiger partial charge in [-0.05, 0) is 64.7 Å². The zero-order valence-corrected chi connectivity index (χ0v) is 24.3. The van der Waals surface area contributed by atoms with E-state index in [1.54, 1.807) is 0 Å². The van der Waals surface area contributed by atoms with Crippen LogP contribution in [0.2, 0.25) is 0 Å². The largest absolute Gasteiger partial charge is 0.481 e. The second-order valence-electron chi connectivity index (χ2n) is 10.8. The van der Waals surface area contributed by atoms with Crippen LogP contribution in [-0.2, 0) is 25.3 Å². The van der Waals surface area contributed by atoms with Crippen LogP contribution in [0, 0.1) is 0 Å². The summed E-state index contributed by atoms with van der Waals surface area (Å²) in [5.41, 5.74) is 0.141. The summed E-state index contributed by atoms with van der Waals surface area (Å²) in [6.45, 7) is 7.99. The molecule has 0 radical (unpaired) electrons. The van der Waals surface area contributed by atoms with Crippen molar-refractivity contribution >= 4 is 37.0 Å². The Morgan fingerprint density at radius 1 is 1.02 bits per heavy atom. The third-order valence-corrected chi connectivity index (χ3v) is 8.56. The number of hydrogen-bond donors (Lipinski definition) is 1. The molecule has 1 aromatic heterocycles. The monoisotopic (exact) mass is 560 g/mol. The number of anilines is 1. The molecule has 0 bridgehead atoms. The number of thioether (sulfide) groups is 1. The highest BCUT2D eigenvalue weighted by Gasteiger charge is 2.54. The lowest BCUT2D eigenvalue weighted by Crippen LogP contribution is -2.55. The molecule has 0 saturated carbocycles. The highest BCUT2D eigenvalue weighted by atomic mass is 32.2. The molecule has 2 aromatic carbocycles. The van der Waals surface area contributed by atoms with Crippen molar-refractivity contribution in [1.82, 2.24) is 15.3 Å². The molecule has 210 valence electrons. The Kier molecular flexibility index (Phi) is 10.00. The number of nitrogens with one attached hydrogen (secondary N) is 1. The summed E-state index contributed by atoms with van der Waals surface area (Å²) in [4.78, 5) is 37.0. The van der Waals surface area contributed by atoms with Gasteiger partial charge in [0, 0.05) is 23.0 Å². The maximum absolute atomic E-state index is 14.0. The number of aromatic nitrogens is 2. The first kappa shape index (κ1) is 29.8. The molecule has 8 nitrogen and oxygen atoms in total. The third kappa shape index (κ3) is 7.50. The SMILES string of the molecule is CC1(C)OB([C@H](CCCc2ccccc2)NC(=O)[C@@H](CSc2ccccc2)N(C=O)c2cnccn2)OC1(C)C. The normalized spacial score (nSPS) is 17.1. The van der Waals surface area contributed by atoms with E-state index in [0.29, 0.717) is 24.4 Å². The Morgan fingerprint density at radius 2 is 1.68 bits per heavy atom. The molecule has 0 spiro atoms. The molecular weight excluding hydrogens is 523 g/mol. The molecule has 0 aliphatic carbocycles. The van der Waals surface area contributed by atoms with E-state index in [1.165, 1.54) is 40.8 Å². The molecule has 3 aromatic rings. The Balaban J connectivity index is 1.56. The van der Waals surface area contributed by atoms with E-state index in [9.17, 15) is 9.59 Å². The number of benzene rings is 2. The molecule has 0 unspecified atom stereocenters. The van der Waals surface area contributed by atoms with Crippen molar-refractivity contribution in [3.05, 3.63) is 84.8 Å². The van der Waals surface area contributed by atoms with Crippen molar-refractivity contribution in [1.29, 1.82) is 0 Å². The van der Waals surface area contributed by atoms with E-state index in [1.807, 2.05) is 76.2 Å². The molecule has 1 aliphatic heterocycles. The van der Waals surface area contributed by atoms with Crippen LogP contribution in [-0.4, -0.2) is 58.3 Å². The fourth-order valence-corrected chi connectivity index (χ4v) is 5.48. The smallest absolute Gasteiger partial charge is 0.402 e. The van der Waals surface area contributed by atoms with Crippen LogP contribution in [0.4, 0.5) is 5.82 Å². The molecule has 1 N–H and O–H groups in total. The number of carbonyl (C=O) groups excluding carboxylic acids is 2. The molecule has 1 fully saturated rings. The van der Waals surface area contributed by atoms with E-state index in [-0.39, 0.29) is 5.91 Å². The van der Waals surface area contributed by atoms with E-state index < -0.39 is 30.3 Å². The summed E-state index contributed by atoms with van der Waals surface area (Å²) < 4.78 is 12.7. The van der Waals surface area contributed by atoms with Crippen molar-refractivity contribution < 1.29 is 18.9 Å². The maximum Gasteiger partial charge on any atom is 0.481 e. The molecule has 1 saturated heterocycles. The Hall–Kier alpha value is -3.21. The number of carbonyl (C=O) groups is 2. The molecule has 1 aliphatic rings. The molecule has 4 rings (SSSR count). The topological polar surface area (TPSA) is 93.7 Å². The first-order chi connectivity index (χ1) is 19.2. The van der Waals surface area contributed by atoms with Gasteiger partial charge in [0.2, 0.25) is 12.3 Å². The van der Waals surface area contributed by atoms with E-state index in [0.717, 1.165) is 17.7 Å². The summed E-state index contributed by atoms with van der Waals surface area (Å²) in [7, 11) is -0.631. The molecule has 2 atom stereocenters. The van der Waals surface area contributed by atoms with Gasteiger partial charge >= 0.3 is 7.12 Å². The standard InChI is InChI=1S/C30H37BN4O4S/c1-29(2)30(3,4)39-31(38-29)26(17-11-14-23-12-7-5-8-13-23)34-28(37)25(21-40-24-15-9-6-10-16-24)35(22-36)27-20-32-18-19-33-27/h5-10,12-13,15-16,18-20,22,25-26H,11,14,17,21H2,1-4H3,(H,34,37)/t25-,26+/m1/s1. The van der Waals surface area contributed by atoms with Crippen LogP contribution >= 0.6 is 11.8 Å². The van der Waals surface area contributed by atoms with Crippen molar-refractivity contribution in [2.45, 2.75) is 75.0 Å². The predicted molar refractivity (Wildman–Crippen MR) is 159 cm³/mol. The van der Waals surface area contributed by atoms with Crippen LogP contribution < -0.4 is 10.2 Å². The lowest BCUT2D eigenvalue weighted by Gasteiger charge is -2.32. The minimum Gasteiger partial charge on any atom is -0.402 e. The summed E-state index contributed by atoms with van der Waals surface area (Å²) in [5, 5.41) is 3.19. The molecule has 2 amide bonds. The zero-order chi connectivity index (χ0) is 28.6. The van der Waals surface area contributed by atoms with Gasteiger partial charge in [-0.15, -0.1) is 11.8 Å². The molecule has 10 heteroatoms. The minimum atomic E-state index is -0.835. The van der Waals surface area contributed by atoms with Crippen molar-refractivity contribution in [2.24, 2.45) is 0 Å². The van der Waals surface area contributed by atoms with Gasteiger partial charge in [0.15, 0.2) is 5.82 Å². The lowest BCUT2D eigenvalue weighted by molar-refractivity contribution is -0.123. The summed E-state index contributed by atoms with van der Waals surface area (Å²) in [6.07, 6.45) is 7.47. The van der Waals surface area contributed by atoms with Gasteiger partial charge in [-0.1, -0.05) is 48.5 Å². The molecular formula is C30H37BN4O4S. The van der Waals surface area contributed by atoms with Crippen LogP contribution in [0.15, 0.2) is 84.1 Å². The fraction of sp³-hybridized carbons (Fsp3) is 0.400. The average molecular weight is 561 g/mol. The van der Waals surface area contributed by atoms with Crippen molar-refractivity contribution in [3.63, 3.8) is 0 Å². The second kappa shape index (κ2) is 13.4. The van der Waals surface area contributed by atoms with Gasteiger partial charge in [0.05, 0.1) is 23.3 Å². The van der Waals surface area contributed by atoms with Crippen LogP contribution in [0.5, 0.6) is 0 Å². The second-order valence-corrected chi connectivity index (χ2v) is 11.9. The Labute approximate surface area is 241 Å². The first-order valence-corrected chi connectivity index (χ1v) is 14.6. The van der Waals surface area contributed by atoms with E-state index >= 15 is 0 Å². The summed E-state index contributed by atoms with van der Waals surface area (Å²) in [5.74, 6) is -0.0920. The zero-order valence-electron chi connectivity index (χ0n) is 23.5. The quantitative estimate of drug-likeness (QED) is 0.183. The fourth-order valence-electron chi connectivity index (χ4n) is 4.46. The number of amides is 2. The van der Waals surface area contributed by atoms with Crippen LogP contribution in [0.1, 0.15) is 46.1 Å². The van der Waals surface area contributed by atoms with Gasteiger partial charge in [-0.25, -0.2) is 4.98 Å². The van der Waals surface area contributed by atoms with E-state index in [2.05, 4.69) is 27.4 Å². The average Bonchev–Trinajstić information content (AvgIpc) is 3.18. The van der Waals surface area contributed by atoms with Gasteiger partial charge in [-0.3, -0.25) is 19.5 Å². The Bertz CT molecular complexity index is 1220. The van der Waals surface area contributed by atoms with Gasteiger partial charge in [0.25, 0.3) is 0 Å². The number of hydrogen-bond acceptors (Lipinski definition) is 7. The number of nitrogens with zero attached hydrogens (tertiary/aromatic N) is 3. The maximum atomic E-state index is 14.0. The van der Waals surface area contributed by atoms with Gasteiger partial charge in [-0.2, -0.15) is 0 Å². The van der Waals surface area contributed by atoms with Crippen molar-refractivity contribution in [3.8, 4) is 0 Å². The minimum absolute atomic E-state index is 0.305. The lowest BCUT2D eigenvalue weighted by atomic mass is 9.75. The van der Waals surface area contributed by atoms with Gasteiger partial charge < -0.3 is 14.6 Å². The van der Waals surface area contributed by atoms with Crippen LogP contribution in [0.25, 0.3) is 0 Å². The first-order valence-electron chi connectivity index (χ1n) is 13.6. The van der Waals surface area contributed by atoms with Crippen LogP contribution in [0.3, 0.4) is 0 Å². The molecule has 40 heavy (non-hydrogen) atoms. The number of aryl methyl sites for hydroxylation is 1. The highest BCUT2D eigenvalue weighted by Crippen LogP contribution is 2.38. The highest BCUT2D eigenvalue weighted by molar-refractivity contribution is 7.99. The molecule has 2 heterocycles. The van der Waals surface area contributed by atoms with Crippen molar-refractivity contribution in [2.75, 3.05) is 10.7 Å². The van der Waals surface area contributed by atoms with Gasteiger partial charge in [0.1, 0.15) is 6.04 Å². The number of rotatable bonds is 13.